The Labute approximate surface area is 114 Å². The van der Waals surface area contributed by atoms with Gasteiger partial charge in [0.15, 0.2) is 0 Å². The van der Waals surface area contributed by atoms with Gasteiger partial charge in [-0.2, -0.15) is 5.10 Å². The normalized spacial score (nSPS) is 10.4. The molecule has 2 rings (SSSR count). The van der Waals surface area contributed by atoms with E-state index in [1.807, 2.05) is 33.0 Å². The molecule has 94 valence electrons. The molecule has 0 spiro atoms. The molecule has 1 heterocycles. The molecule has 0 saturated carbocycles. The van der Waals surface area contributed by atoms with Crippen molar-refractivity contribution < 1.29 is 4.79 Å². The van der Waals surface area contributed by atoms with E-state index in [1.54, 1.807) is 16.8 Å². The third-order valence-corrected chi connectivity index (χ3v) is 3.33. The minimum Gasteiger partial charge on any atom is -0.319 e. The van der Waals surface area contributed by atoms with Gasteiger partial charge in [-0.3, -0.25) is 9.48 Å². The predicted molar refractivity (Wildman–Crippen MR) is 74.8 cm³/mol. The van der Waals surface area contributed by atoms with Crippen LogP contribution in [0.5, 0.6) is 0 Å². The molecule has 1 aromatic heterocycles. The van der Waals surface area contributed by atoms with Gasteiger partial charge in [-0.15, -0.1) is 0 Å². The highest BCUT2D eigenvalue weighted by Crippen LogP contribution is 2.20. The Morgan fingerprint density at radius 1 is 1.39 bits per heavy atom. The third-order valence-electron chi connectivity index (χ3n) is 2.83. The zero-order valence-electron chi connectivity index (χ0n) is 10.5. The lowest BCUT2D eigenvalue weighted by Crippen LogP contribution is -2.13. The van der Waals surface area contributed by atoms with E-state index in [0.717, 1.165) is 21.5 Å². The van der Waals surface area contributed by atoms with Crippen LogP contribution in [0.25, 0.3) is 0 Å². The van der Waals surface area contributed by atoms with Crippen LogP contribution < -0.4 is 5.32 Å². The van der Waals surface area contributed by atoms with Crippen molar-refractivity contribution in [3.8, 4) is 0 Å². The second-order valence-corrected chi connectivity index (χ2v) is 5.05. The molecule has 5 heteroatoms. The maximum atomic E-state index is 12.1. The second-order valence-electron chi connectivity index (χ2n) is 4.13. The maximum absolute atomic E-state index is 12.1. The summed E-state index contributed by atoms with van der Waals surface area (Å²) in [5.41, 5.74) is 3.16. The number of hydrogen-bond donors (Lipinski definition) is 1. The average Bonchev–Trinajstić information content (AvgIpc) is 2.56. The molecular weight excluding hydrogens is 294 g/mol. The molecule has 0 aliphatic carbocycles. The summed E-state index contributed by atoms with van der Waals surface area (Å²) >= 11 is 3.35. The summed E-state index contributed by atoms with van der Waals surface area (Å²) in [6, 6.07) is 7.29. The Kier molecular flexibility index (Phi) is 3.52. The van der Waals surface area contributed by atoms with E-state index in [1.165, 1.54) is 0 Å². The zero-order chi connectivity index (χ0) is 13.3. The van der Waals surface area contributed by atoms with Gasteiger partial charge in [0.1, 0.15) is 0 Å². The Bertz CT molecular complexity index is 604. The molecule has 1 aromatic carbocycles. The number of nitrogens with zero attached hydrogens (tertiary/aromatic N) is 2. The number of carbonyl (C=O) groups excluding carboxylic acids is 1. The lowest BCUT2D eigenvalue weighted by Gasteiger charge is -2.06. The van der Waals surface area contributed by atoms with Crippen LogP contribution in [-0.4, -0.2) is 15.7 Å². The summed E-state index contributed by atoms with van der Waals surface area (Å²) in [6.07, 6.45) is 0. The van der Waals surface area contributed by atoms with Crippen molar-refractivity contribution in [2.45, 2.75) is 13.8 Å². The third kappa shape index (κ3) is 2.46. The molecule has 0 unspecified atom stereocenters. The summed E-state index contributed by atoms with van der Waals surface area (Å²) in [7, 11) is 1.86. The van der Waals surface area contributed by atoms with Crippen molar-refractivity contribution in [3.63, 3.8) is 0 Å². The van der Waals surface area contributed by atoms with Gasteiger partial charge in [0.25, 0.3) is 5.91 Å². The largest absolute Gasteiger partial charge is 0.319 e. The number of aromatic nitrogens is 2. The van der Waals surface area contributed by atoms with E-state index >= 15 is 0 Å². The predicted octanol–water partition coefficient (Wildman–Crippen LogP) is 3.05. The number of carbonyl (C=O) groups is 1. The van der Waals surface area contributed by atoms with Crippen LogP contribution in [-0.2, 0) is 7.05 Å². The van der Waals surface area contributed by atoms with Gasteiger partial charge >= 0.3 is 0 Å². The number of benzene rings is 1. The Balaban J connectivity index is 2.27. The summed E-state index contributed by atoms with van der Waals surface area (Å²) in [6.45, 7) is 3.81. The van der Waals surface area contributed by atoms with Crippen molar-refractivity contribution in [3.05, 3.63) is 45.7 Å². The lowest BCUT2D eigenvalue weighted by atomic mass is 10.2. The first-order valence-corrected chi connectivity index (χ1v) is 6.35. The number of halogens is 1. The number of hydrogen-bond acceptors (Lipinski definition) is 2. The van der Waals surface area contributed by atoms with E-state index < -0.39 is 0 Å². The van der Waals surface area contributed by atoms with E-state index in [4.69, 9.17) is 0 Å². The first-order chi connectivity index (χ1) is 8.49. The first-order valence-electron chi connectivity index (χ1n) is 5.56. The highest BCUT2D eigenvalue weighted by Gasteiger charge is 2.13. The van der Waals surface area contributed by atoms with Crippen LogP contribution in [0, 0.1) is 13.8 Å². The standard InChI is InChI=1S/C13H14BrN3O/c1-8-12(9(2)17(3)16-8)15-13(18)10-5-4-6-11(14)7-10/h4-7H,1-3H3,(H,15,18). The Hall–Kier alpha value is -1.62. The number of rotatable bonds is 2. The number of nitrogens with one attached hydrogen (secondary N) is 1. The van der Waals surface area contributed by atoms with Gasteiger partial charge in [0.05, 0.1) is 17.1 Å². The molecule has 0 aliphatic rings. The number of aryl methyl sites for hydroxylation is 2. The lowest BCUT2D eigenvalue weighted by molar-refractivity contribution is 0.102. The monoisotopic (exact) mass is 307 g/mol. The van der Waals surface area contributed by atoms with Gasteiger partial charge in [0.2, 0.25) is 0 Å². The van der Waals surface area contributed by atoms with E-state index in [-0.39, 0.29) is 5.91 Å². The SMILES string of the molecule is Cc1nn(C)c(C)c1NC(=O)c1cccc(Br)c1. The zero-order valence-corrected chi connectivity index (χ0v) is 12.1. The minimum absolute atomic E-state index is 0.129. The van der Waals surface area contributed by atoms with Gasteiger partial charge < -0.3 is 5.32 Å². The smallest absolute Gasteiger partial charge is 0.255 e. The molecule has 2 aromatic rings. The van der Waals surface area contributed by atoms with Gasteiger partial charge in [-0.1, -0.05) is 22.0 Å². The fourth-order valence-corrected chi connectivity index (χ4v) is 2.17. The van der Waals surface area contributed by atoms with Crippen LogP contribution in [0.3, 0.4) is 0 Å². The molecule has 0 radical (unpaired) electrons. The summed E-state index contributed by atoms with van der Waals surface area (Å²) < 4.78 is 2.64. The molecule has 0 aliphatic heterocycles. The topological polar surface area (TPSA) is 46.9 Å². The molecule has 4 nitrogen and oxygen atoms in total. The number of anilines is 1. The van der Waals surface area contributed by atoms with Crippen molar-refractivity contribution in [2.24, 2.45) is 7.05 Å². The molecule has 0 bridgehead atoms. The van der Waals surface area contributed by atoms with Crippen molar-refractivity contribution in [1.82, 2.24) is 9.78 Å². The highest BCUT2D eigenvalue weighted by atomic mass is 79.9. The fraction of sp³-hybridized carbons (Fsp3) is 0.231. The van der Waals surface area contributed by atoms with Crippen molar-refractivity contribution in [2.75, 3.05) is 5.32 Å². The fourth-order valence-electron chi connectivity index (χ4n) is 1.77. The summed E-state index contributed by atoms with van der Waals surface area (Å²) in [4.78, 5) is 12.1. The van der Waals surface area contributed by atoms with Crippen LogP contribution in [0.15, 0.2) is 28.7 Å². The van der Waals surface area contributed by atoms with Crippen LogP contribution >= 0.6 is 15.9 Å². The van der Waals surface area contributed by atoms with E-state index in [0.29, 0.717) is 5.56 Å². The Morgan fingerprint density at radius 3 is 2.67 bits per heavy atom. The molecule has 0 fully saturated rings. The van der Waals surface area contributed by atoms with Gasteiger partial charge in [-0.05, 0) is 32.0 Å². The van der Waals surface area contributed by atoms with Crippen LogP contribution in [0.1, 0.15) is 21.7 Å². The summed E-state index contributed by atoms with van der Waals surface area (Å²) in [5.74, 6) is -0.129. The Morgan fingerprint density at radius 2 is 2.11 bits per heavy atom. The molecular formula is C13H14BrN3O. The van der Waals surface area contributed by atoms with Crippen LogP contribution in [0.4, 0.5) is 5.69 Å². The quantitative estimate of drug-likeness (QED) is 0.927. The van der Waals surface area contributed by atoms with Gasteiger partial charge in [-0.25, -0.2) is 0 Å². The highest BCUT2D eigenvalue weighted by molar-refractivity contribution is 9.10. The van der Waals surface area contributed by atoms with Crippen molar-refractivity contribution in [1.29, 1.82) is 0 Å². The van der Waals surface area contributed by atoms with Crippen LogP contribution in [0.2, 0.25) is 0 Å². The molecule has 0 saturated heterocycles. The summed E-state index contributed by atoms with van der Waals surface area (Å²) in [5, 5.41) is 7.17. The minimum atomic E-state index is -0.129. The number of amides is 1. The van der Waals surface area contributed by atoms with E-state index in [2.05, 4.69) is 26.3 Å². The molecule has 0 atom stereocenters. The molecule has 1 amide bonds. The molecule has 18 heavy (non-hydrogen) atoms. The molecule has 1 N–H and O–H groups in total. The van der Waals surface area contributed by atoms with E-state index in [9.17, 15) is 4.79 Å². The van der Waals surface area contributed by atoms with Gasteiger partial charge in [0, 0.05) is 17.1 Å². The second kappa shape index (κ2) is 4.94. The van der Waals surface area contributed by atoms with Crippen molar-refractivity contribution >= 4 is 27.5 Å². The average molecular weight is 308 g/mol. The first kappa shape index (κ1) is 12.8. The maximum Gasteiger partial charge on any atom is 0.255 e.